The van der Waals surface area contributed by atoms with E-state index in [0.29, 0.717) is 30.3 Å². The number of piperidine rings is 1. The second-order valence-electron chi connectivity index (χ2n) is 6.99. The van der Waals surface area contributed by atoms with Crippen LogP contribution in [0, 0.1) is 0 Å². The van der Waals surface area contributed by atoms with Crippen LogP contribution in [0.25, 0.3) is 0 Å². The highest BCUT2D eigenvalue weighted by Gasteiger charge is 2.33. The molecule has 0 aliphatic carbocycles. The number of ether oxygens (including phenoxy) is 1. The predicted molar refractivity (Wildman–Crippen MR) is 104 cm³/mol. The molecule has 1 aromatic carbocycles. The van der Waals surface area contributed by atoms with Crippen LogP contribution >= 0.6 is 0 Å². The lowest BCUT2D eigenvalue weighted by Gasteiger charge is -2.40. The number of hydrogen-bond donors (Lipinski definition) is 1. The molecule has 3 rings (SSSR count). The molecule has 1 aliphatic heterocycles. The summed E-state index contributed by atoms with van der Waals surface area (Å²) in [6.07, 6.45) is -2.02. The van der Waals surface area contributed by atoms with Crippen molar-refractivity contribution in [2.45, 2.75) is 44.9 Å². The predicted octanol–water partition coefficient (Wildman–Crippen LogP) is 4.60. The van der Waals surface area contributed by atoms with E-state index in [1.807, 2.05) is 19.9 Å². The third kappa shape index (κ3) is 4.81. The Morgan fingerprint density at radius 2 is 2.03 bits per heavy atom. The van der Waals surface area contributed by atoms with E-state index in [9.17, 15) is 18.0 Å². The maximum atomic E-state index is 13.1. The van der Waals surface area contributed by atoms with Gasteiger partial charge >= 0.3 is 6.18 Å². The van der Waals surface area contributed by atoms with Crippen molar-refractivity contribution in [2.75, 3.05) is 18.5 Å². The molecule has 1 N–H and O–H groups in total. The zero-order valence-corrected chi connectivity index (χ0v) is 16.4. The van der Waals surface area contributed by atoms with E-state index in [2.05, 4.69) is 10.3 Å². The fraction of sp³-hybridized carbons (Fsp3) is 0.429. The van der Waals surface area contributed by atoms with E-state index in [1.165, 1.54) is 6.07 Å². The molecule has 8 heteroatoms. The van der Waals surface area contributed by atoms with Gasteiger partial charge in [-0.2, -0.15) is 13.2 Å². The van der Waals surface area contributed by atoms with Gasteiger partial charge in [0.25, 0.3) is 5.91 Å². The van der Waals surface area contributed by atoms with Gasteiger partial charge in [0.15, 0.2) is 0 Å². The van der Waals surface area contributed by atoms with Gasteiger partial charge in [-0.15, -0.1) is 0 Å². The number of anilines is 1. The smallest absolute Gasteiger partial charge is 0.417 e. The van der Waals surface area contributed by atoms with Crippen LogP contribution < -0.4 is 10.1 Å². The number of para-hydroxylation sites is 1. The summed E-state index contributed by atoms with van der Waals surface area (Å²) in [5.41, 5.74) is -0.279. The van der Waals surface area contributed by atoms with Gasteiger partial charge < -0.3 is 15.0 Å². The number of halogens is 3. The van der Waals surface area contributed by atoms with Crippen molar-refractivity contribution in [3.05, 3.63) is 53.7 Å². The first-order valence-corrected chi connectivity index (χ1v) is 9.64. The Bertz CT molecular complexity index is 840. The number of pyridine rings is 1. The molecule has 156 valence electrons. The number of nitrogens with zero attached hydrogens (tertiary/aromatic N) is 2. The SMILES string of the molecule is CCOc1ccccc1C(=O)N1CCC[C@H](Nc2ccc(C(F)(F)F)cn2)[C@H]1C. The number of carbonyl (C=O) groups is 1. The van der Waals surface area contributed by atoms with Gasteiger partial charge in [0.2, 0.25) is 0 Å². The molecule has 5 nitrogen and oxygen atoms in total. The lowest BCUT2D eigenvalue weighted by atomic mass is 9.96. The second-order valence-corrected chi connectivity index (χ2v) is 6.99. The van der Waals surface area contributed by atoms with Gasteiger partial charge in [0.1, 0.15) is 11.6 Å². The number of rotatable bonds is 5. The lowest BCUT2D eigenvalue weighted by molar-refractivity contribution is -0.137. The van der Waals surface area contributed by atoms with Gasteiger partial charge in [-0.1, -0.05) is 12.1 Å². The molecular weight excluding hydrogens is 383 g/mol. The van der Waals surface area contributed by atoms with E-state index in [1.54, 1.807) is 23.1 Å². The summed E-state index contributed by atoms with van der Waals surface area (Å²) in [5.74, 6) is 0.791. The molecule has 2 atom stereocenters. The number of amides is 1. The summed E-state index contributed by atoms with van der Waals surface area (Å²) in [5, 5.41) is 3.18. The maximum Gasteiger partial charge on any atom is 0.417 e. The topological polar surface area (TPSA) is 54.5 Å². The summed E-state index contributed by atoms with van der Waals surface area (Å²) >= 11 is 0. The Labute approximate surface area is 167 Å². The first kappa shape index (κ1) is 21.0. The number of hydrogen-bond acceptors (Lipinski definition) is 4. The quantitative estimate of drug-likeness (QED) is 0.787. The molecule has 2 aromatic rings. The average Bonchev–Trinajstić information content (AvgIpc) is 2.69. The van der Waals surface area contributed by atoms with Crippen molar-refractivity contribution in [1.29, 1.82) is 0 Å². The zero-order chi connectivity index (χ0) is 21.0. The number of nitrogens with one attached hydrogen (secondary N) is 1. The molecular formula is C21H24F3N3O2. The molecule has 0 bridgehead atoms. The molecule has 0 saturated carbocycles. The van der Waals surface area contributed by atoms with Gasteiger partial charge in [0.05, 0.1) is 17.7 Å². The Balaban J connectivity index is 1.73. The van der Waals surface area contributed by atoms with Crippen molar-refractivity contribution in [3.63, 3.8) is 0 Å². The first-order valence-electron chi connectivity index (χ1n) is 9.64. The van der Waals surface area contributed by atoms with Crippen LogP contribution in [0.15, 0.2) is 42.6 Å². The summed E-state index contributed by atoms with van der Waals surface area (Å²) < 4.78 is 43.7. The second kappa shape index (κ2) is 8.71. The van der Waals surface area contributed by atoms with Crippen LogP contribution in [0.1, 0.15) is 42.6 Å². The molecule has 0 unspecified atom stereocenters. The summed E-state index contributed by atoms with van der Waals surface area (Å²) in [7, 11) is 0. The van der Waals surface area contributed by atoms with Crippen molar-refractivity contribution in [2.24, 2.45) is 0 Å². The van der Waals surface area contributed by atoms with Gasteiger partial charge in [-0.3, -0.25) is 4.79 Å². The van der Waals surface area contributed by atoms with Crippen LogP contribution in [0.3, 0.4) is 0 Å². The van der Waals surface area contributed by atoms with Gasteiger partial charge in [-0.25, -0.2) is 4.98 Å². The molecule has 0 spiro atoms. The normalized spacial score (nSPS) is 19.7. The molecule has 1 saturated heterocycles. The third-order valence-corrected chi connectivity index (χ3v) is 5.09. The number of aromatic nitrogens is 1. The minimum atomic E-state index is -4.42. The Kier molecular flexibility index (Phi) is 6.30. The van der Waals surface area contributed by atoms with Crippen LogP contribution in [0.5, 0.6) is 5.75 Å². The Hall–Kier alpha value is -2.77. The monoisotopic (exact) mass is 407 g/mol. The Morgan fingerprint density at radius 3 is 2.69 bits per heavy atom. The number of alkyl halides is 3. The first-order chi connectivity index (χ1) is 13.8. The molecule has 29 heavy (non-hydrogen) atoms. The van der Waals surface area contributed by atoms with Crippen molar-refractivity contribution in [1.82, 2.24) is 9.88 Å². The van der Waals surface area contributed by atoms with Crippen LogP contribution in [0.2, 0.25) is 0 Å². The molecule has 0 radical (unpaired) electrons. The molecule has 1 amide bonds. The van der Waals surface area contributed by atoms with Crippen molar-refractivity contribution < 1.29 is 22.7 Å². The van der Waals surface area contributed by atoms with E-state index in [0.717, 1.165) is 25.1 Å². The number of benzene rings is 1. The average molecular weight is 407 g/mol. The van der Waals surface area contributed by atoms with E-state index in [-0.39, 0.29) is 18.0 Å². The summed E-state index contributed by atoms with van der Waals surface area (Å²) in [4.78, 5) is 18.8. The van der Waals surface area contributed by atoms with E-state index in [4.69, 9.17) is 4.74 Å². The number of likely N-dealkylation sites (tertiary alicyclic amines) is 1. The van der Waals surface area contributed by atoms with E-state index >= 15 is 0 Å². The molecule has 1 fully saturated rings. The fourth-order valence-corrected chi connectivity index (χ4v) is 3.54. The Morgan fingerprint density at radius 1 is 1.28 bits per heavy atom. The summed E-state index contributed by atoms with van der Waals surface area (Å²) in [6, 6.07) is 9.19. The highest BCUT2D eigenvalue weighted by atomic mass is 19.4. The minimum absolute atomic E-state index is 0.115. The molecule has 1 aromatic heterocycles. The van der Waals surface area contributed by atoms with Gasteiger partial charge in [-0.05, 0) is 51.0 Å². The summed E-state index contributed by atoms with van der Waals surface area (Å²) in [6.45, 7) is 4.87. The highest BCUT2D eigenvalue weighted by Crippen LogP contribution is 2.30. The lowest BCUT2D eigenvalue weighted by Crippen LogP contribution is -2.52. The highest BCUT2D eigenvalue weighted by molar-refractivity contribution is 5.97. The minimum Gasteiger partial charge on any atom is -0.493 e. The molecule has 1 aliphatic rings. The standard InChI is InChI=1S/C21H24F3N3O2/c1-3-29-18-9-5-4-7-16(18)20(28)27-12-6-8-17(14(27)2)26-19-11-10-15(13-25-19)21(22,23)24/h4-5,7,9-11,13-14,17H,3,6,8,12H2,1-2H3,(H,25,26)/t14-,17+/m1/s1. The fourth-order valence-electron chi connectivity index (χ4n) is 3.54. The van der Waals surface area contributed by atoms with Crippen molar-refractivity contribution in [3.8, 4) is 5.75 Å². The van der Waals surface area contributed by atoms with E-state index < -0.39 is 11.7 Å². The van der Waals surface area contributed by atoms with Crippen molar-refractivity contribution >= 4 is 11.7 Å². The third-order valence-electron chi connectivity index (χ3n) is 5.09. The molecule has 2 heterocycles. The van der Waals surface area contributed by atoms with Crippen LogP contribution in [-0.4, -0.2) is 41.0 Å². The maximum absolute atomic E-state index is 13.1. The van der Waals surface area contributed by atoms with Gasteiger partial charge in [0, 0.05) is 24.8 Å². The number of carbonyl (C=O) groups excluding carboxylic acids is 1. The van der Waals surface area contributed by atoms with Crippen LogP contribution in [-0.2, 0) is 6.18 Å². The largest absolute Gasteiger partial charge is 0.493 e. The van der Waals surface area contributed by atoms with Crippen LogP contribution in [0.4, 0.5) is 19.0 Å². The zero-order valence-electron chi connectivity index (χ0n) is 16.4.